The van der Waals surface area contributed by atoms with E-state index >= 15 is 0 Å². The summed E-state index contributed by atoms with van der Waals surface area (Å²) in [6.45, 7) is 2.75. The molecule has 0 fully saturated rings. The molecule has 0 radical (unpaired) electrons. The van der Waals surface area contributed by atoms with Crippen molar-refractivity contribution in [1.29, 1.82) is 0 Å². The van der Waals surface area contributed by atoms with Crippen molar-refractivity contribution in [2.75, 3.05) is 6.61 Å². The molecule has 4 heteroatoms. The smallest absolute Gasteiger partial charge is 0.127 e. The van der Waals surface area contributed by atoms with Gasteiger partial charge in [-0.1, -0.05) is 39.7 Å². The van der Waals surface area contributed by atoms with Crippen molar-refractivity contribution >= 4 is 27.5 Å². The van der Waals surface area contributed by atoms with Gasteiger partial charge in [-0.2, -0.15) is 0 Å². The molecule has 1 aliphatic heterocycles. The van der Waals surface area contributed by atoms with E-state index in [4.69, 9.17) is 22.1 Å². The van der Waals surface area contributed by atoms with E-state index < -0.39 is 0 Å². The summed E-state index contributed by atoms with van der Waals surface area (Å²) in [5.74, 6) is 0.898. The van der Waals surface area contributed by atoms with Crippen LogP contribution < -0.4 is 10.5 Å². The van der Waals surface area contributed by atoms with Crippen molar-refractivity contribution in [3.05, 3.63) is 62.1 Å². The number of ether oxygens (including phenoxy) is 1. The predicted octanol–water partition coefficient (Wildman–Crippen LogP) is 4.39. The summed E-state index contributed by atoms with van der Waals surface area (Å²) in [6.07, 6.45) is 0.894. The minimum absolute atomic E-state index is 0.254. The zero-order valence-corrected chi connectivity index (χ0v) is 13.5. The normalized spacial score (nSPS) is 14.8. The van der Waals surface area contributed by atoms with Gasteiger partial charge in [0.05, 0.1) is 12.6 Å². The molecule has 1 atom stereocenters. The van der Waals surface area contributed by atoms with Crippen molar-refractivity contribution in [2.24, 2.45) is 5.73 Å². The molecule has 2 N–H and O–H groups in total. The lowest BCUT2D eigenvalue weighted by Gasteiger charge is -2.18. The molecule has 3 rings (SSSR count). The molecule has 20 heavy (non-hydrogen) atoms. The molecule has 0 amide bonds. The minimum Gasteiger partial charge on any atom is -0.493 e. The molecule has 1 aliphatic rings. The standard InChI is InChI=1S/C16H15BrClNO/c1-9-2-3-12(14(17)6-9)15(19)13-8-11(18)7-10-4-5-20-16(10)13/h2-3,6-8,15H,4-5,19H2,1H3. The molecular formula is C16H15BrClNO. The summed E-state index contributed by atoms with van der Waals surface area (Å²) in [5, 5.41) is 0.711. The third kappa shape index (κ3) is 2.46. The number of rotatable bonds is 2. The molecule has 0 saturated heterocycles. The van der Waals surface area contributed by atoms with Crippen LogP contribution in [0.2, 0.25) is 5.02 Å². The van der Waals surface area contributed by atoms with Crippen LogP contribution in [0.3, 0.4) is 0 Å². The molecule has 0 aromatic heterocycles. The van der Waals surface area contributed by atoms with Crippen molar-refractivity contribution in [2.45, 2.75) is 19.4 Å². The van der Waals surface area contributed by atoms with Gasteiger partial charge >= 0.3 is 0 Å². The molecule has 1 heterocycles. The van der Waals surface area contributed by atoms with Crippen molar-refractivity contribution in [3.63, 3.8) is 0 Å². The van der Waals surface area contributed by atoms with Crippen LogP contribution in [0.5, 0.6) is 5.75 Å². The first-order chi connectivity index (χ1) is 9.56. The number of fused-ring (bicyclic) bond motifs is 1. The molecule has 2 aromatic rings. The highest BCUT2D eigenvalue weighted by molar-refractivity contribution is 9.10. The highest BCUT2D eigenvalue weighted by Crippen LogP contribution is 2.39. The second kappa shape index (κ2) is 5.40. The SMILES string of the molecule is Cc1ccc(C(N)c2cc(Cl)cc3c2OCC3)c(Br)c1. The van der Waals surface area contributed by atoms with Crippen molar-refractivity contribution in [3.8, 4) is 5.75 Å². The number of halogens is 2. The number of aryl methyl sites for hydroxylation is 1. The van der Waals surface area contributed by atoms with Crippen molar-refractivity contribution < 1.29 is 4.74 Å². The summed E-state index contributed by atoms with van der Waals surface area (Å²) < 4.78 is 6.75. The lowest BCUT2D eigenvalue weighted by molar-refractivity contribution is 0.352. The summed E-state index contributed by atoms with van der Waals surface area (Å²) in [7, 11) is 0. The Hall–Kier alpha value is -1.03. The maximum atomic E-state index is 6.44. The quantitative estimate of drug-likeness (QED) is 0.870. The third-order valence-electron chi connectivity index (χ3n) is 3.60. The van der Waals surface area contributed by atoms with Gasteiger partial charge in [-0.15, -0.1) is 0 Å². The van der Waals surface area contributed by atoms with Crippen LogP contribution in [-0.4, -0.2) is 6.61 Å². The Morgan fingerprint density at radius 2 is 2.05 bits per heavy atom. The van der Waals surface area contributed by atoms with Gasteiger partial charge in [-0.05, 0) is 41.8 Å². The van der Waals surface area contributed by atoms with E-state index in [1.165, 1.54) is 5.56 Å². The van der Waals surface area contributed by atoms with Gasteiger partial charge in [0.15, 0.2) is 0 Å². The Morgan fingerprint density at radius 1 is 1.25 bits per heavy atom. The molecule has 0 bridgehead atoms. The van der Waals surface area contributed by atoms with Gasteiger partial charge in [-0.3, -0.25) is 0 Å². The Bertz CT molecular complexity index is 672. The van der Waals surface area contributed by atoms with E-state index in [1.54, 1.807) is 0 Å². The summed E-state index contributed by atoms with van der Waals surface area (Å²) in [6, 6.07) is 9.79. The average molecular weight is 353 g/mol. The van der Waals surface area contributed by atoms with E-state index in [1.807, 2.05) is 18.2 Å². The first kappa shape index (κ1) is 13.9. The van der Waals surface area contributed by atoms with E-state index in [0.29, 0.717) is 11.6 Å². The second-order valence-corrected chi connectivity index (χ2v) is 6.38. The average Bonchev–Trinajstić information content (AvgIpc) is 2.85. The molecule has 0 saturated carbocycles. The van der Waals surface area contributed by atoms with Gasteiger partial charge in [0.1, 0.15) is 5.75 Å². The Labute approximate surface area is 132 Å². The predicted molar refractivity (Wildman–Crippen MR) is 85.6 cm³/mol. The highest BCUT2D eigenvalue weighted by Gasteiger charge is 2.23. The largest absolute Gasteiger partial charge is 0.493 e. The fourth-order valence-electron chi connectivity index (χ4n) is 2.58. The maximum Gasteiger partial charge on any atom is 0.127 e. The molecule has 0 aliphatic carbocycles. The Balaban J connectivity index is 2.09. The zero-order valence-electron chi connectivity index (χ0n) is 11.1. The lowest BCUT2D eigenvalue weighted by atomic mass is 9.96. The fourth-order valence-corrected chi connectivity index (χ4v) is 3.57. The third-order valence-corrected chi connectivity index (χ3v) is 4.51. The topological polar surface area (TPSA) is 35.2 Å². The van der Waals surface area contributed by atoms with Crippen LogP contribution in [0, 0.1) is 6.92 Å². The Morgan fingerprint density at radius 3 is 2.80 bits per heavy atom. The molecule has 2 aromatic carbocycles. The molecular weight excluding hydrogens is 338 g/mol. The van der Waals surface area contributed by atoms with Gasteiger partial charge in [0.2, 0.25) is 0 Å². The number of hydrogen-bond acceptors (Lipinski definition) is 2. The van der Waals surface area contributed by atoms with E-state index in [0.717, 1.165) is 33.3 Å². The van der Waals surface area contributed by atoms with Crippen LogP contribution in [0.25, 0.3) is 0 Å². The highest BCUT2D eigenvalue weighted by atomic mass is 79.9. The van der Waals surface area contributed by atoms with E-state index in [2.05, 4.69) is 35.0 Å². The van der Waals surface area contributed by atoms with E-state index in [-0.39, 0.29) is 6.04 Å². The first-order valence-electron chi connectivity index (χ1n) is 6.53. The van der Waals surface area contributed by atoms with Crippen LogP contribution in [0.4, 0.5) is 0 Å². The van der Waals surface area contributed by atoms with Crippen LogP contribution in [-0.2, 0) is 6.42 Å². The Kier molecular flexibility index (Phi) is 3.76. The summed E-state index contributed by atoms with van der Waals surface area (Å²) >= 11 is 9.79. The first-order valence-corrected chi connectivity index (χ1v) is 7.70. The van der Waals surface area contributed by atoms with Crippen LogP contribution >= 0.6 is 27.5 Å². The van der Waals surface area contributed by atoms with Gasteiger partial charge in [0, 0.05) is 21.5 Å². The van der Waals surface area contributed by atoms with Crippen LogP contribution in [0.15, 0.2) is 34.8 Å². The molecule has 1 unspecified atom stereocenters. The summed E-state index contributed by atoms with van der Waals surface area (Å²) in [5.41, 5.74) is 10.8. The van der Waals surface area contributed by atoms with Gasteiger partial charge in [0.25, 0.3) is 0 Å². The number of hydrogen-bond donors (Lipinski definition) is 1. The maximum absolute atomic E-state index is 6.44. The van der Waals surface area contributed by atoms with Crippen LogP contribution in [0.1, 0.15) is 28.3 Å². The summed E-state index contributed by atoms with van der Waals surface area (Å²) in [4.78, 5) is 0. The molecule has 2 nitrogen and oxygen atoms in total. The lowest BCUT2D eigenvalue weighted by Crippen LogP contribution is -2.14. The fraction of sp³-hybridized carbons (Fsp3) is 0.250. The monoisotopic (exact) mass is 351 g/mol. The van der Waals surface area contributed by atoms with Crippen molar-refractivity contribution in [1.82, 2.24) is 0 Å². The minimum atomic E-state index is -0.254. The van der Waals surface area contributed by atoms with E-state index in [9.17, 15) is 0 Å². The second-order valence-electron chi connectivity index (χ2n) is 5.08. The molecule has 0 spiro atoms. The van der Waals surface area contributed by atoms with Gasteiger partial charge in [-0.25, -0.2) is 0 Å². The molecule has 104 valence electrons. The number of nitrogens with two attached hydrogens (primary N) is 1. The van der Waals surface area contributed by atoms with Gasteiger partial charge < -0.3 is 10.5 Å². The zero-order chi connectivity index (χ0) is 14.3. The number of benzene rings is 2.